The Morgan fingerprint density at radius 1 is 0.893 bits per heavy atom. The van der Waals surface area contributed by atoms with Gasteiger partial charge in [0, 0.05) is 18.7 Å². The lowest BCUT2D eigenvalue weighted by molar-refractivity contribution is -0.116. The van der Waals surface area contributed by atoms with E-state index >= 15 is 0 Å². The molecule has 1 aromatic heterocycles. The zero-order valence-corrected chi connectivity index (χ0v) is 14.4. The van der Waals surface area contributed by atoms with E-state index in [0.717, 1.165) is 10.2 Å². The number of aryl methyl sites for hydroxylation is 1. The van der Waals surface area contributed by atoms with Crippen LogP contribution in [0.5, 0.6) is 0 Å². The molecule has 0 unspecified atom stereocenters. The molecule has 0 aliphatic rings. The van der Waals surface area contributed by atoms with E-state index in [-0.39, 0.29) is 18.1 Å². The molecule has 0 radical (unpaired) electrons. The first-order valence-electron chi connectivity index (χ1n) is 8.24. The van der Waals surface area contributed by atoms with Crippen LogP contribution in [0, 0.1) is 29.1 Å². The maximum atomic E-state index is 13.7. The summed E-state index contributed by atoms with van der Waals surface area (Å²) in [5, 5.41) is 6.39. The standard InChI is InChI=1S/C19H14F5N3O/c20-15-12(16(21)18(23)19(24)17(15)22)10-27-9-8-13(26-27)25-14(28)7-6-11-4-2-1-3-5-11/h1-5,8-9H,6-7,10H2,(H,25,26,28). The van der Waals surface area contributed by atoms with E-state index < -0.39 is 41.2 Å². The van der Waals surface area contributed by atoms with Gasteiger partial charge in [0.1, 0.15) is 0 Å². The molecule has 0 fully saturated rings. The van der Waals surface area contributed by atoms with Crippen molar-refractivity contribution in [1.29, 1.82) is 0 Å². The van der Waals surface area contributed by atoms with Crippen LogP contribution in [-0.4, -0.2) is 15.7 Å². The molecule has 0 saturated heterocycles. The predicted octanol–water partition coefficient (Wildman–Crippen LogP) is 4.20. The summed E-state index contributed by atoms with van der Waals surface area (Å²) in [6.07, 6.45) is 1.96. The van der Waals surface area contributed by atoms with Crippen molar-refractivity contribution in [2.24, 2.45) is 0 Å². The van der Waals surface area contributed by atoms with Gasteiger partial charge in [0.15, 0.2) is 29.1 Å². The second-order valence-electron chi connectivity index (χ2n) is 5.98. The first kappa shape index (κ1) is 19.5. The number of carbonyl (C=O) groups is 1. The fraction of sp³-hybridized carbons (Fsp3) is 0.158. The van der Waals surface area contributed by atoms with Crippen molar-refractivity contribution in [3.63, 3.8) is 0 Å². The van der Waals surface area contributed by atoms with Crippen molar-refractivity contribution in [2.45, 2.75) is 19.4 Å². The number of nitrogens with one attached hydrogen (secondary N) is 1. The number of rotatable bonds is 6. The molecule has 0 spiro atoms. The zero-order chi connectivity index (χ0) is 20.3. The zero-order valence-electron chi connectivity index (χ0n) is 14.4. The van der Waals surface area contributed by atoms with E-state index in [1.165, 1.54) is 12.3 Å². The van der Waals surface area contributed by atoms with Gasteiger partial charge in [-0.15, -0.1) is 0 Å². The number of aromatic nitrogens is 2. The predicted molar refractivity (Wildman–Crippen MR) is 91.0 cm³/mol. The van der Waals surface area contributed by atoms with Gasteiger partial charge >= 0.3 is 0 Å². The monoisotopic (exact) mass is 395 g/mol. The third-order valence-electron chi connectivity index (χ3n) is 4.01. The van der Waals surface area contributed by atoms with E-state index in [0.29, 0.717) is 6.42 Å². The summed E-state index contributed by atoms with van der Waals surface area (Å²) >= 11 is 0. The molecule has 2 aromatic carbocycles. The first-order valence-corrected chi connectivity index (χ1v) is 8.24. The average Bonchev–Trinajstić information content (AvgIpc) is 3.14. The number of halogens is 5. The number of anilines is 1. The fourth-order valence-corrected chi connectivity index (χ4v) is 2.58. The van der Waals surface area contributed by atoms with Gasteiger partial charge in [-0.3, -0.25) is 9.48 Å². The van der Waals surface area contributed by atoms with Crippen LogP contribution in [0.1, 0.15) is 17.5 Å². The molecular weight excluding hydrogens is 381 g/mol. The van der Waals surface area contributed by atoms with Gasteiger partial charge in [0.05, 0.1) is 12.1 Å². The Morgan fingerprint density at radius 2 is 1.50 bits per heavy atom. The second-order valence-corrected chi connectivity index (χ2v) is 5.98. The highest BCUT2D eigenvalue weighted by atomic mass is 19.2. The molecule has 0 saturated carbocycles. The van der Waals surface area contributed by atoms with Gasteiger partial charge < -0.3 is 5.32 Å². The van der Waals surface area contributed by atoms with Crippen LogP contribution in [-0.2, 0) is 17.8 Å². The molecular formula is C19H14F5N3O. The summed E-state index contributed by atoms with van der Waals surface area (Å²) < 4.78 is 68.0. The largest absolute Gasteiger partial charge is 0.309 e. The minimum absolute atomic E-state index is 0.0990. The highest BCUT2D eigenvalue weighted by molar-refractivity contribution is 5.89. The van der Waals surface area contributed by atoms with Crippen LogP contribution in [0.15, 0.2) is 42.6 Å². The van der Waals surface area contributed by atoms with E-state index in [9.17, 15) is 26.7 Å². The molecule has 3 aromatic rings. The highest BCUT2D eigenvalue weighted by Crippen LogP contribution is 2.23. The molecule has 0 aliphatic carbocycles. The first-order chi connectivity index (χ1) is 13.4. The van der Waals surface area contributed by atoms with E-state index in [4.69, 9.17) is 0 Å². The van der Waals surface area contributed by atoms with Crippen LogP contribution in [0.25, 0.3) is 0 Å². The fourth-order valence-electron chi connectivity index (χ4n) is 2.58. The minimum Gasteiger partial charge on any atom is -0.309 e. The van der Waals surface area contributed by atoms with Crippen LogP contribution in [0.3, 0.4) is 0 Å². The Bertz CT molecular complexity index is 975. The molecule has 28 heavy (non-hydrogen) atoms. The summed E-state index contributed by atoms with van der Waals surface area (Å²) in [6, 6.07) is 10.7. The van der Waals surface area contributed by atoms with Crippen molar-refractivity contribution in [3.05, 3.63) is 82.8 Å². The van der Waals surface area contributed by atoms with Crippen LogP contribution >= 0.6 is 0 Å². The van der Waals surface area contributed by atoms with Gasteiger partial charge in [-0.1, -0.05) is 30.3 Å². The van der Waals surface area contributed by atoms with Gasteiger partial charge in [0.25, 0.3) is 0 Å². The second kappa shape index (κ2) is 8.20. The molecule has 0 bridgehead atoms. The minimum atomic E-state index is -2.22. The molecule has 146 valence electrons. The molecule has 0 aliphatic heterocycles. The summed E-state index contributed by atoms with van der Waals surface area (Å²) in [4.78, 5) is 12.0. The molecule has 3 rings (SSSR count). The maximum absolute atomic E-state index is 13.7. The van der Waals surface area contributed by atoms with Gasteiger partial charge in [0.2, 0.25) is 11.7 Å². The Labute approximate surface area is 156 Å². The summed E-state index contributed by atoms with van der Waals surface area (Å²) in [5.74, 6) is -10.3. The molecule has 1 N–H and O–H groups in total. The third kappa shape index (κ3) is 4.19. The van der Waals surface area contributed by atoms with Gasteiger partial charge in [-0.2, -0.15) is 5.10 Å². The van der Waals surface area contributed by atoms with Gasteiger partial charge in [-0.05, 0) is 12.0 Å². The maximum Gasteiger partial charge on any atom is 0.225 e. The Balaban J connectivity index is 1.66. The Morgan fingerprint density at radius 3 is 2.14 bits per heavy atom. The smallest absolute Gasteiger partial charge is 0.225 e. The van der Waals surface area contributed by atoms with Gasteiger partial charge in [-0.25, -0.2) is 22.0 Å². The average molecular weight is 395 g/mol. The van der Waals surface area contributed by atoms with E-state index in [2.05, 4.69) is 10.4 Å². The van der Waals surface area contributed by atoms with Crippen LogP contribution in [0.2, 0.25) is 0 Å². The SMILES string of the molecule is O=C(CCc1ccccc1)Nc1ccn(Cc2c(F)c(F)c(F)c(F)c2F)n1. The number of hydrogen-bond donors (Lipinski definition) is 1. The third-order valence-corrected chi connectivity index (χ3v) is 4.01. The van der Waals surface area contributed by atoms with Crippen molar-refractivity contribution < 1.29 is 26.7 Å². The number of amides is 1. The molecule has 9 heteroatoms. The summed E-state index contributed by atoms with van der Waals surface area (Å²) in [7, 11) is 0. The molecule has 4 nitrogen and oxygen atoms in total. The summed E-state index contributed by atoms with van der Waals surface area (Å²) in [6.45, 7) is -0.689. The quantitative estimate of drug-likeness (QED) is 0.386. The summed E-state index contributed by atoms with van der Waals surface area (Å²) in [5.41, 5.74) is -0.0315. The van der Waals surface area contributed by atoms with Crippen molar-refractivity contribution in [2.75, 3.05) is 5.32 Å². The molecule has 1 heterocycles. The topological polar surface area (TPSA) is 46.9 Å². The van der Waals surface area contributed by atoms with Crippen molar-refractivity contribution >= 4 is 11.7 Å². The van der Waals surface area contributed by atoms with E-state index in [1.54, 1.807) is 0 Å². The highest BCUT2D eigenvalue weighted by Gasteiger charge is 2.25. The number of carbonyl (C=O) groups excluding carboxylic acids is 1. The number of benzene rings is 2. The Kier molecular flexibility index (Phi) is 5.72. The molecule has 0 atom stereocenters. The Hall–Kier alpha value is -3.23. The lowest BCUT2D eigenvalue weighted by atomic mass is 10.1. The lowest BCUT2D eigenvalue weighted by Crippen LogP contribution is -2.14. The molecule has 1 amide bonds. The number of nitrogens with zero attached hydrogens (tertiary/aromatic N) is 2. The normalized spacial score (nSPS) is 10.9. The number of hydrogen-bond acceptors (Lipinski definition) is 2. The van der Waals surface area contributed by atoms with Crippen molar-refractivity contribution in [3.8, 4) is 0 Å². The van der Waals surface area contributed by atoms with Crippen molar-refractivity contribution in [1.82, 2.24) is 9.78 Å². The lowest BCUT2D eigenvalue weighted by Gasteiger charge is -2.08. The van der Waals surface area contributed by atoms with E-state index in [1.807, 2.05) is 30.3 Å². The van der Waals surface area contributed by atoms with Crippen LogP contribution in [0.4, 0.5) is 27.8 Å². The van der Waals surface area contributed by atoms with Crippen LogP contribution < -0.4 is 5.32 Å².